The molecule has 2 atom stereocenters. The molecule has 98 valence electrons. The Morgan fingerprint density at radius 2 is 1.71 bits per heavy atom. The largest absolute Gasteiger partial charge is 0.481 e. The third kappa shape index (κ3) is 3.01. The average molecular weight is 239 g/mol. The van der Waals surface area contributed by atoms with Crippen molar-refractivity contribution in [2.75, 3.05) is 13.6 Å². The second-order valence-electron chi connectivity index (χ2n) is 5.81. The number of carbonyl (C=O) groups is 1. The highest BCUT2D eigenvalue weighted by Gasteiger charge is 2.38. The van der Waals surface area contributed by atoms with E-state index >= 15 is 0 Å². The first-order chi connectivity index (χ1) is 8.20. The minimum Gasteiger partial charge on any atom is -0.481 e. The van der Waals surface area contributed by atoms with Crippen LogP contribution in [0.4, 0.5) is 0 Å². The van der Waals surface area contributed by atoms with Gasteiger partial charge in [0.05, 0.1) is 5.92 Å². The summed E-state index contributed by atoms with van der Waals surface area (Å²) in [7, 11) is 2.13. The van der Waals surface area contributed by atoms with Gasteiger partial charge in [-0.15, -0.1) is 0 Å². The van der Waals surface area contributed by atoms with Gasteiger partial charge in [-0.2, -0.15) is 0 Å². The third-order valence-electron chi connectivity index (χ3n) is 4.65. The van der Waals surface area contributed by atoms with E-state index in [1.165, 1.54) is 32.1 Å². The summed E-state index contributed by atoms with van der Waals surface area (Å²) in [5.41, 5.74) is 0. The predicted molar refractivity (Wildman–Crippen MR) is 68.0 cm³/mol. The predicted octanol–water partition coefficient (Wildman–Crippen LogP) is 2.75. The fourth-order valence-electron chi connectivity index (χ4n) is 3.79. The lowest BCUT2D eigenvalue weighted by molar-refractivity contribution is -0.145. The zero-order valence-corrected chi connectivity index (χ0v) is 10.9. The quantitative estimate of drug-likeness (QED) is 0.805. The van der Waals surface area contributed by atoms with Crippen LogP contribution in [-0.2, 0) is 4.79 Å². The Morgan fingerprint density at radius 1 is 1.06 bits per heavy atom. The molecule has 0 radical (unpaired) electrons. The lowest BCUT2D eigenvalue weighted by Gasteiger charge is -2.38. The van der Waals surface area contributed by atoms with E-state index in [-0.39, 0.29) is 12.0 Å². The summed E-state index contributed by atoms with van der Waals surface area (Å²) in [6, 6.07) is 0.287. The van der Waals surface area contributed by atoms with Crippen LogP contribution in [0.15, 0.2) is 0 Å². The maximum absolute atomic E-state index is 11.5. The first kappa shape index (κ1) is 12.9. The number of rotatable bonds is 2. The van der Waals surface area contributed by atoms with Crippen LogP contribution in [0.2, 0.25) is 0 Å². The van der Waals surface area contributed by atoms with Crippen LogP contribution in [0.3, 0.4) is 0 Å². The summed E-state index contributed by atoms with van der Waals surface area (Å²) in [4.78, 5) is 13.8. The molecule has 3 heteroatoms. The molecular formula is C14H25NO2. The van der Waals surface area contributed by atoms with Gasteiger partial charge in [0.1, 0.15) is 0 Å². The molecule has 2 rings (SSSR count). The number of nitrogens with zero attached hydrogens (tertiary/aromatic N) is 1. The van der Waals surface area contributed by atoms with Gasteiger partial charge in [0.25, 0.3) is 0 Å². The third-order valence-corrected chi connectivity index (χ3v) is 4.65. The molecule has 1 aliphatic carbocycles. The van der Waals surface area contributed by atoms with E-state index < -0.39 is 5.97 Å². The molecule has 0 aromatic carbocycles. The Kier molecular flexibility index (Phi) is 4.43. The number of carboxylic acid groups (broad SMARTS) is 1. The van der Waals surface area contributed by atoms with E-state index in [1.807, 2.05) is 0 Å². The molecule has 1 saturated carbocycles. The van der Waals surface area contributed by atoms with Crippen molar-refractivity contribution in [2.45, 2.75) is 57.4 Å². The molecule has 0 aromatic rings. The molecule has 1 heterocycles. The zero-order chi connectivity index (χ0) is 12.3. The molecule has 2 aliphatic rings. The van der Waals surface area contributed by atoms with Crippen LogP contribution >= 0.6 is 0 Å². The SMILES string of the molecule is CN1CCCC[C@H](C(=O)O)[C@H]1C1CCCCC1. The highest BCUT2D eigenvalue weighted by atomic mass is 16.4. The van der Waals surface area contributed by atoms with E-state index in [1.54, 1.807) is 0 Å². The summed E-state index contributed by atoms with van der Waals surface area (Å²) in [5, 5.41) is 9.46. The van der Waals surface area contributed by atoms with Crippen molar-refractivity contribution in [2.24, 2.45) is 11.8 Å². The topological polar surface area (TPSA) is 40.5 Å². The summed E-state index contributed by atoms with van der Waals surface area (Å²) < 4.78 is 0. The second kappa shape index (κ2) is 5.85. The van der Waals surface area contributed by atoms with E-state index in [9.17, 15) is 9.90 Å². The van der Waals surface area contributed by atoms with Crippen LogP contribution in [0, 0.1) is 11.8 Å². The minimum atomic E-state index is -0.575. The van der Waals surface area contributed by atoms with E-state index in [4.69, 9.17) is 0 Å². The smallest absolute Gasteiger partial charge is 0.308 e. The molecular weight excluding hydrogens is 214 g/mol. The summed E-state index contributed by atoms with van der Waals surface area (Å²) in [6.45, 7) is 1.07. The fraction of sp³-hybridized carbons (Fsp3) is 0.929. The molecule has 0 spiro atoms. The molecule has 3 nitrogen and oxygen atoms in total. The second-order valence-corrected chi connectivity index (χ2v) is 5.81. The highest BCUT2D eigenvalue weighted by molar-refractivity contribution is 5.71. The monoisotopic (exact) mass is 239 g/mol. The Labute approximate surface area is 104 Å². The summed E-state index contributed by atoms with van der Waals surface area (Å²) in [5.74, 6) is -0.0899. The van der Waals surface area contributed by atoms with E-state index in [0.29, 0.717) is 5.92 Å². The van der Waals surface area contributed by atoms with Crippen molar-refractivity contribution in [1.29, 1.82) is 0 Å². The van der Waals surface area contributed by atoms with Gasteiger partial charge in [-0.05, 0) is 45.2 Å². The Hall–Kier alpha value is -0.570. The molecule has 1 saturated heterocycles. The molecule has 0 aromatic heterocycles. The van der Waals surface area contributed by atoms with Gasteiger partial charge < -0.3 is 10.0 Å². The van der Waals surface area contributed by atoms with Crippen molar-refractivity contribution in [3.8, 4) is 0 Å². The van der Waals surface area contributed by atoms with Crippen molar-refractivity contribution in [3.63, 3.8) is 0 Å². The number of hydrogen-bond acceptors (Lipinski definition) is 2. The minimum absolute atomic E-state index is 0.134. The molecule has 17 heavy (non-hydrogen) atoms. The van der Waals surface area contributed by atoms with Gasteiger partial charge in [-0.1, -0.05) is 25.7 Å². The first-order valence-electron chi connectivity index (χ1n) is 7.13. The zero-order valence-electron chi connectivity index (χ0n) is 10.9. The lowest BCUT2D eigenvalue weighted by Crippen LogP contribution is -2.46. The van der Waals surface area contributed by atoms with Gasteiger partial charge in [0.2, 0.25) is 0 Å². The Morgan fingerprint density at radius 3 is 2.35 bits per heavy atom. The van der Waals surface area contributed by atoms with Crippen LogP contribution in [0.5, 0.6) is 0 Å². The van der Waals surface area contributed by atoms with Gasteiger partial charge in [0.15, 0.2) is 0 Å². The molecule has 1 aliphatic heterocycles. The number of carboxylic acids is 1. The Balaban J connectivity index is 2.12. The number of likely N-dealkylation sites (tertiary alicyclic amines) is 1. The standard InChI is InChI=1S/C14H25NO2/c1-15-10-6-5-9-12(14(16)17)13(15)11-7-3-2-4-8-11/h11-13H,2-10H2,1H3,(H,16,17)/t12-,13+/m0/s1. The molecule has 0 unspecified atom stereocenters. The summed E-state index contributed by atoms with van der Waals surface area (Å²) >= 11 is 0. The number of hydrogen-bond donors (Lipinski definition) is 1. The van der Waals surface area contributed by atoms with Crippen LogP contribution in [0.1, 0.15) is 51.4 Å². The summed E-state index contributed by atoms with van der Waals surface area (Å²) in [6.07, 6.45) is 9.50. The van der Waals surface area contributed by atoms with Crippen LogP contribution in [-0.4, -0.2) is 35.6 Å². The average Bonchev–Trinajstić information content (AvgIpc) is 2.52. The maximum atomic E-state index is 11.5. The normalized spacial score (nSPS) is 33.2. The van der Waals surface area contributed by atoms with Crippen molar-refractivity contribution < 1.29 is 9.90 Å². The fourth-order valence-corrected chi connectivity index (χ4v) is 3.79. The number of aliphatic carboxylic acids is 1. The van der Waals surface area contributed by atoms with Gasteiger partial charge in [-0.3, -0.25) is 4.79 Å². The molecule has 0 amide bonds. The Bertz CT molecular complexity index is 261. The van der Waals surface area contributed by atoms with Crippen molar-refractivity contribution >= 4 is 5.97 Å². The lowest BCUT2D eigenvalue weighted by atomic mass is 9.77. The molecule has 1 N–H and O–H groups in total. The maximum Gasteiger partial charge on any atom is 0.308 e. The van der Waals surface area contributed by atoms with E-state index in [2.05, 4.69) is 11.9 Å². The van der Waals surface area contributed by atoms with Gasteiger partial charge in [0, 0.05) is 6.04 Å². The van der Waals surface area contributed by atoms with Gasteiger partial charge >= 0.3 is 5.97 Å². The van der Waals surface area contributed by atoms with Crippen LogP contribution in [0.25, 0.3) is 0 Å². The van der Waals surface area contributed by atoms with E-state index in [0.717, 1.165) is 25.8 Å². The van der Waals surface area contributed by atoms with Crippen LogP contribution < -0.4 is 0 Å². The highest BCUT2D eigenvalue weighted by Crippen LogP contribution is 2.35. The van der Waals surface area contributed by atoms with Crippen molar-refractivity contribution in [1.82, 2.24) is 4.90 Å². The molecule has 0 bridgehead atoms. The van der Waals surface area contributed by atoms with Crippen molar-refractivity contribution in [3.05, 3.63) is 0 Å². The first-order valence-corrected chi connectivity index (χ1v) is 7.13. The van der Waals surface area contributed by atoms with Gasteiger partial charge in [-0.25, -0.2) is 0 Å². The molecule has 2 fully saturated rings.